The molecule has 0 spiro atoms. The summed E-state index contributed by atoms with van der Waals surface area (Å²) < 4.78 is 5.27. The normalized spacial score (nSPS) is 12.1. The van der Waals surface area contributed by atoms with E-state index in [-0.39, 0.29) is 30.5 Å². The Balaban J connectivity index is -0.000000634. The second kappa shape index (κ2) is 13.8. The fourth-order valence-corrected chi connectivity index (χ4v) is 3.02. The Bertz CT molecular complexity index is 992. The number of H-pyrrole nitrogens is 1. The molecule has 3 amide bonds. The van der Waals surface area contributed by atoms with Crippen LogP contribution in [0, 0.1) is 23.2 Å². The predicted octanol–water partition coefficient (Wildman–Crippen LogP) is 3.72. The van der Waals surface area contributed by atoms with Gasteiger partial charge in [-0.15, -0.1) is 0 Å². The van der Waals surface area contributed by atoms with E-state index in [0.29, 0.717) is 17.9 Å². The zero-order chi connectivity index (χ0) is 25.0. The van der Waals surface area contributed by atoms with Crippen LogP contribution in [0.4, 0.5) is 0 Å². The van der Waals surface area contributed by atoms with E-state index in [4.69, 9.17) is 4.74 Å². The number of rotatable bonds is 9. The number of hydrogen-bond acceptors (Lipinski definition) is 5. The molecule has 1 aromatic carbocycles. The highest BCUT2D eigenvalue weighted by molar-refractivity contribution is 6.00. The van der Waals surface area contributed by atoms with Gasteiger partial charge in [0.2, 0.25) is 11.8 Å². The summed E-state index contributed by atoms with van der Waals surface area (Å²) >= 11 is 0. The van der Waals surface area contributed by atoms with Gasteiger partial charge >= 0.3 is 0 Å². The third kappa shape index (κ3) is 8.85. The van der Waals surface area contributed by atoms with Gasteiger partial charge in [-0.1, -0.05) is 33.8 Å². The lowest BCUT2D eigenvalue weighted by Crippen LogP contribution is -2.43. The first-order chi connectivity index (χ1) is 15.7. The summed E-state index contributed by atoms with van der Waals surface area (Å²) in [6.45, 7) is 8.05. The van der Waals surface area contributed by atoms with E-state index >= 15 is 0 Å². The van der Waals surface area contributed by atoms with Crippen molar-refractivity contribution in [2.75, 3.05) is 20.7 Å². The molecule has 0 saturated carbocycles. The summed E-state index contributed by atoms with van der Waals surface area (Å²) in [6.07, 6.45) is 0.752. The number of methoxy groups -OCH3 is 1. The van der Waals surface area contributed by atoms with Crippen molar-refractivity contribution in [3.05, 3.63) is 30.0 Å². The van der Waals surface area contributed by atoms with Crippen molar-refractivity contribution in [3.8, 4) is 11.8 Å². The molecule has 1 heterocycles. The molecule has 2 atom stereocenters. The van der Waals surface area contributed by atoms with E-state index < -0.39 is 17.9 Å². The van der Waals surface area contributed by atoms with E-state index in [1.165, 1.54) is 7.05 Å². The highest BCUT2D eigenvalue weighted by Gasteiger charge is 2.22. The molecule has 0 unspecified atom stereocenters. The maximum atomic E-state index is 12.3. The Morgan fingerprint density at radius 3 is 2.45 bits per heavy atom. The number of aromatic amines is 1. The predicted molar refractivity (Wildman–Crippen MR) is 136 cm³/mol. The maximum Gasteiger partial charge on any atom is 0.268 e. The number of ether oxygens (including phenoxy) is 1. The third-order valence-electron chi connectivity index (χ3n) is 4.62. The first kappa shape index (κ1) is 27.5. The Labute approximate surface area is 201 Å². The second-order valence-corrected chi connectivity index (χ2v) is 8.22. The summed E-state index contributed by atoms with van der Waals surface area (Å²) in [7, 11) is 3.07. The molecule has 9 heteroatoms. The topological polar surface area (TPSA) is 136 Å². The van der Waals surface area contributed by atoms with Crippen molar-refractivity contribution < 1.29 is 24.8 Å². The van der Waals surface area contributed by atoms with Gasteiger partial charge in [0.25, 0.3) is 5.91 Å². The smallest absolute Gasteiger partial charge is 0.268 e. The van der Waals surface area contributed by atoms with Crippen LogP contribution in [0.15, 0.2) is 24.3 Å². The zero-order valence-electron chi connectivity index (χ0n) is 20.2. The Kier molecular flexibility index (Phi) is 11.5. The van der Waals surface area contributed by atoms with E-state index in [1.807, 2.05) is 19.1 Å². The van der Waals surface area contributed by atoms with Gasteiger partial charge in [-0.2, -0.15) is 5.26 Å². The molecule has 0 bridgehead atoms. The highest BCUT2D eigenvalue weighted by Crippen LogP contribution is 2.25. The van der Waals surface area contributed by atoms with Gasteiger partial charge in [-0.05, 0) is 37.0 Å². The molecule has 33 heavy (non-hydrogen) atoms. The number of fused-ring (bicyclic) bond motifs is 1. The van der Waals surface area contributed by atoms with Crippen LogP contribution in [0.5, 0.6) is 5.75 Å². The molecule has 188 valence electrons. The molecule has 2 rings (SSSR count). The monoisotopic (exact) mass is 465 g/mol. The Morgan fingerprint density at radius 2 is 1.91 bits per heavy atom. The molecule has 1 aromatic heterocycles. The second-order valence-electron chi connectivity index (χ2n) is 8.22. The molecular weight excluding hydrogens is 422 g/mol. The summed E-state index contributed by atoms with van der Waals surface area (Å²) in [5, 5.41) is 17.6. The molecule has 2 aromatic rings. The minimum absolute atomic E-state index is 0. The zero-order valence-corrected chi connectivity index (χ0v) is 20.2. The molecular formula is C24H43N5O4. The number of nitrogens with zero attached hydrogens (tertiary/aromatic N) is 1. The largest absolute Gasteiger partial charge is 0.496 e. The van der Waals surface area contributed by atoms with E-state index in [0.717, 1.165) is 16.8 Å². The van der Waals surface area contributed by atoms with Crippen LogP contribution >= 0.6 is 0 Å². The summed E-state index contributed by atoms with van der Waals surface area (Å²) in [5.41, 5.74) is 1.03. The van der Waals surface area contributed by atoms with Crippen LogP contribution in [0.1, 0.15) is 56.7 Å². The lowest BCUT2D eigenvalue weighted by molar-refractivity contribution is -0.125. The number of hydrogen-bond donors (Lipinski definition) is 4. The SMILES string of the molecule is CC(C)C.CC[C@@H](C[C@@H](C#N)NC(=O)CNC(=O)c1cc2c(OC)cccc2[nH]1)C(=O)NC.[HH].[HH].[HH].[HH]. The van der Waals surface area contributed by atoms with Crippen molar-refractivity contribution in [2.24, 2.45) is 11.8 Å². The van der Waals surface area contributed by atoms with Crippen LogP contribution in [-0.2, 0) is 9.59 Å². The van der Waals surface area contributed by atoms with Crippen LogP contribution < -0.4 is 20.7 Å². The van der Waals surface area contributed by atoms with Gasteiger partial charge < -0.3 is 25.7 Å². The van der Waals surface area contributed by atoms with E-state index in [9.17, 15) is 19.6 Å². The standard InChI is InChI=1S/C20H25N5O4.C4H10.4H2/c1-4-12(19(27)22-2)8-13(10-21)24-18(26)11-23-20(28)16-9-14-15(25-16)6-5-7-17(14)29-3;1-4(2)3;;;;/h5-7,9,12-13,25H,4,8,11H2,1-3H3,(H,22,27)(H,23,28)(H,24,26);4H,1-3H3;4*1H/t12-,13-;;;;;/m0...../s1. The van der Waals surface area contributed by atoms with Crippen molar-refractivity contribution in [3.63, 3.8) is 0 Å². The van der Waals surface area contributed by atoms with Gasteiger partial charge in [-0.25, -0.2) is 0 Å². The summed E-state index contributed by atoms with van der Waals surface area (Å²) in [5.74, 6) is -0.0477. The molecule has 9 nitrogen and oxygen atoms in total. The van der Waals surface area contributed by atoms with Gasteiger partial charge in [0.15, 0.2) is 0 Å². The van der Waals surface area contributed by atoms with Gasteiger partial charge in [0.05, 0.1) is 19.7 Å². The van der Waals surface area contributed by atoms with Crippen molar-refractivity contribution >= 4 is 28.6 Å². The Hall–Kier alpha value is -3.54. The molecule has 0 saturated heterocycles. The third-order valence-corrected chi connectivity index (χ3v) is 4.62. The number of amides is 3. The minimum Gasteiger partial charge on any atom is -0.496 e. The van der Waals surface area contributed by atoms with Gasteiger partial charge in [-0.3, -0.25) is 14.4 Å². The molecule has 0 radical (unpaired) electrons. The van der Waals surface area contributed by atoms with Crippen molar-refractivity contribution in [1.82, 2.24) is 20.9 Å². The molecule has 0 fully saturated rings. The first-order valence-corrected chi connectivity index (χ1v) is 11.0. The number of carbonyl (C=O) groups excluding carboxylic acids is 3. The fourth-order valence-electron chi connectivity index (χ4n) is 3.02. The molecule has 0 aliphatic rings. The molecule has 0 aliphatic heterocycles. The maximum absolute atomic E-state index is 12.3. The van der Waals surface area contributed by atoms with Crippen LogP contribution in [0.2, 0.25) is 0 Å². The number of nitrogens with one attached hydrogen (secondary N) is 4. The summed E-state index contributed by atoms with van der Waals surface area (Å²) in [6, 6.07) is 8.21. The molecule has 4 N–H and O–H groups in total. The average Bonchev–Trinajstić information content (AvgIpc) is 3.23. The van der Waals surface area contributed by atoms with E-state index in [2.05, 4.69) is 41.7 Å². The lowest BCUT2D eigenvalue weighted by atomic mass is 9.97. The van der Waals surface area contributed by atoms with Crippen LogP contribution in [0.3, 0.4) is 0 Å². The fraction of sp³-hybridized carbons (Fsp3) is 0.500. The van der Waals surface area contributed by atoms with Gasteiger partial charge in [0.1, 0.15) is 17.5 Å². The van der Waals surface area contributed by atoms with Crippen LogP contribution in [-0.4, -0.2) is 49.4 Å². The number of benzene rings is 1. The average molecular weight is 466 g/mol. The number of carbonyl (C=O) groups is 3. The van der Waals surface area contributed by atoms with Crippen molar-refractivity contribution in [2.45, 2.75) is 46.6 Å². The highest BCUT2D eigenvalue weighted by atomic mass is 16.5. The van der Waals surface area contributed by atoms with Gasteiger partial charge in [0, 0.05) is 29.6 Å². The van der Waals surface area contributed by atoms with Crippen molar-refractivity contribution in [1.29, 1.82) is 5.26 Å². The quantitative estimate of drug-likeness (QED) is 0.447. The summed E-state index contributed by atoms with van der Waals surface area (Å²) in [4.78, 5) is 39.2. The Morgan fingerprint density at radius 1 is 1.24 bits per heavy atom. The first-order valence-electron chi connectivity index (χ1n) is 11.0. The minimum atomic E-state index is -0.820. The lowest BCUT2D eigenvalue weighted by Gasteiger charge is -2.18. The number of aromatic nitrogens is 1. The van der Waals surface area contributed by atoms with Crippen LogP contribution in [0.25, 0.3) is 10.9 Å². The number of nitriles is 1. The molecule has 0 aliphatic carbocycles. The van der Waals surface area contributed by atoms with E-state index in [1.54, 1.807) is 25.3 Å².